The summed E-state index contributed by atoms with van der Waals surface area (Å²) in [5.74, 6) is 0. The van der Waals surface area contributed by atoms with Crippen LogP contribution in [-0.4, -0.2) is 43.3 Å². The van der Waals surface area contributed by atoms with Gasteiger partial charge in [0.2, 0.25) is 0 Å². The lowest BCUT2D eigenvalue weighted by Crippen LogP contribution is -2.36. The van der Waals surface area contributed by atoms with Crippen molar-refractivity contribution in [2.24, 2.45) is 0 Å². The molecule has 0 saturated carbocycles. The number of nitrogens with one attached hydrogen (secondary N) is 4. The number of carbonyl (C=O) groups excluding carboxylic acids is 2. The Bertz CT molecular complexity index is 2340. The largest absolute Gasteiger partial charge is 0.444 e. The Morgan fingerprint density at radius 1 is 0.596 bits per heavy atom. The number of ether oxygens (including phenoxy) is 2. The molecule has 4 N–H and O–H groups in total. The fraction of sp³-hybridized carbons (Fsp3) is 0.261. The molecule has 0 fully saturated rings. The zero-order chi connectivity index (χ0) is 40.3. The second-order valence-corrected chi connectivity index (χ2v) is 16.9. The molecule has 7 rings (SSSR count). The van der Waals surface area contributed by atoms with E-state index >= 15 is 0 Å². The molecule has 3 aromatic heterocycles. The first kappa shape index (κ1) is 39.3. The molecule has 2 aromatic carbocycles. The minimum atomic E-state index is -0.683. The van der Waals surface area contributed by atoms with Gasteiger partial charge in [-0.15, -0.1) is 0 Å². The van der Waals surface area contributed by atoms with Crippen LogP contribution in [0.4, 0.5) is 9.59 Å². The van der Waals surface area contributed by atoms with Crippen molar-refractivity contribution in [2.45, 2.75) is 77.7 Å². The van der Waals surface area contributed by atoms with Crippen molar-refractivity contribution in [1.82, 2.24) is 30.6 Å². The van der Waals surface area contributed by atoms with Crippen molar-refractivity contribution in [2.75, 3.05) is 0 Å². The second kappa shape index (κ2) is 16.3. The van der Waals surface area contributed by atoms with E-state index in [1.807, 2.05) is 157 Å². The molecule has 0 saturated heterocycles. The highest BCUT2D eigenvalue weighted by molar-refractivity contribution is 9.10. The third kappa shape index (κ3) is 9.90. The van der Waals surface area contributed by atoms with Gasteiger partial charge in [-0.1, -0.05) is 60.7 Å². The van der Waals surface area contributed by atoms with Gasteiger partial charge < -0.3 is 30.1 Å². The summed E-state index contributed by atoms with van der Waals surface area (Å²) in [4.78, 5) is 44.3. The maximum absolute atomic E-state index is 13.4. The van der Waals surface area contributed by atoms with Crippen LogP contribution in [0.25, 0.3) is 46.4 Å². The number of carbonyl (C=O) groups is 2. The van der Waals surface area contributed by atoms with E-state index in [1.165, 1.54) is 0 Å². The predicted molar refractivity (Wildman–Crippen MR) is 231 cm³/mol. The summed E-state index contributed by atoms with van der Waals surface area (Å²) in [6.45, 7) is 11.1. The number of nitrogens with zero attached hydrogens (tertiary/aromatic N) is 2. The number of rotatable bonds is 8. The molecular weight excluding hydrogens is 780 g/mol. The number of hydrogen-bond donors (Lipinski definition) is 4. The number of halogens is 1. The molecule has 2 atom stereocenters. The van der Waals surface area contributed by atoms with E-state index in [0.29, 0.717) is 40.1 Å². The molecule has 5 aromatic rings. The lowest BCUT2D eigenvalue weighted by molar-refractivity contribution is 0.0491. The van der Waals surface area contributed by atoms with Gasteiger partial charge in [0.25, 0.3) is 0 Å². The van der Waals surface area contributed by atoms with Gasteiger partial charge in [0.15, 0.2) is 0 Å². The Kier molecular flexibility index (Phi) is 11.2. The van der Waals surface area contributed by atoms with Gasteiger partial charge in [0, 0.05) is 33.2 Å². The second-order valence-electron chi connectivity index (χ2n) is 16.1. The highest BCUT2D eigenvalue weighted by atomic mass is 79.9. The third-order valence-corrected chi connectivity index (χ3v) is 10.0. The lowest BCUT2D eigenvalue weighted by Gasteiger charge is -2.24. The summed E-state index contributed by atoms with van der Waals surface area (Å²) in [7, 11) is 0. The molecular formula is C46H47BrN6O4. The Morgan fingerprint density at radius 2 is 0.982 bits per heavy atom. The molecule has 292 valence electrons. The van der Waals surface area contributed by atoms with E-state index in [9.17, 15) is 9.59 Å². The van der Waals surface area contributed by atoms with Crippen LogP contribution in [0.2, 0.25) is 0 Å². The molecule has 8 bridgehead atoms. The van der Waals surface area contributed by atoms with Crippen LogP contribution in [-0.2, 0) is 22.3 Å². The van der Waals surface area contributed by atoms with Gasteiger partial charge in [0.1, 0.15) is 11.2 Å². The van der Waals surface area contributed by atoms with Crippen LogP contribution in [0.5, 0.6) is 0 Å². The summed E-state index contributed by atoms with van der Waals surface area (Å²) >= 11 is 3.84. The first-order valence-corrected chi connectivity index (χ1v) is 19.8. The average Bonchev–Trinajstić information content (AvgIpc) is 3.97. The number of alkyl carbamates (subject to hydrolysis) is 2. The number of benzene rings is 2. The van der Waals surface area contributed by atoms with Crippen LogP contribution in [0.3, 0.4) is 0 Å². The zero-order valence-electron chi connectivity index (χ0n) is 32.9. The molecule has 2 aliphatic rings. The van der Waals surface area contributed by atoms with Gasteiger partial charge in [0.05, 0.1) is 39.3 Å². The first-order valence-electron chi connectivity index (χ1n) is 19.0. The molecule has 2 unspecified atom stereocenters. The fourth-order valence-corrected chi connectivity index (χ4v) is 7.37. The maximum Gasteiger partial charge on any atom is 0.408 e. The molecule has 0 radical (unpaired) electrons. The first-order chi connectivity index (χ1) is 27.2. The van der Waals surface area contributed by atoms with Crippen LogP contribution in [0.15, 0.2) is 95.5 Å². The van der Waals surface area contributed by atoms with Crippen LogP contribution in [0.1, 0.15) is 98.7 Å². The minimum absolute atomic E-state index is 0.494. The molecule has 11 heteroatoms. The summed E-state index contributed by atoms with van der Waals surface area (Å²) < 4.78 is 12.2. The van der Waals surface area contributed by atoms with Crippen molar-refractivity contribution in [3.63, 3.8) is 0 Å². The van der Waals surface area contributed by atoms with Gasteiger partial charge >= 0.3 is 12.2 Å². The predicted octanol–water partition coefficient (Wildman–Crippen LogP) is 11.0. The number of H-pyrrole nitrogens is 2. The topological polar surface area (TPSA) is 134 Å². The molecule has 10 nitrogen and oxygen atoms in total. The van der Waals surface area contributed by atoms with E-state index in [-0.39, 0.29) is 0 Å². The Labute approximate surface area is 341 Å². The monoisotopic (exact) mass is 826 g/mol. The third-order valence-electron chi connectivity index (χ3n) is 9.23. The number of hydrogen-bond acceptors (Lipinski definition) is 6. The molecule has 57 heavy (non-hydrogen) atoms. The Hall–Kier alpha value is -5.94. The number of aromatic nitrogens is 4. The summed E-state index contributed by atoms with van der Waals surface area (Å²) in [6, 6.07) is 29.1. The SMILES string of the molecule is CC(C)(C)OC(=O)NC(Cc1ccccc1)c1c2nc(c(Br)c3nc(c(C(Cc4ccccc4)NC(=O)OC(C)(C)C)c4ccc(cc5ccc1[nH]5)[nH]4)C=C3)C=C2. The van der Waals surface area contributed by atoms with Gasteiger partial charge in [-0.05, 0) is 136 Å². The minimum Gasteiger partial charge on any atom is -0.444 e. The molecule has 0 aliphatic carbocycles. The Balaban J connectivity index is 1.44. The highest BCUT2D eigenvalue weighted by Gasteiger charge is 2.27. The summed E-state index contributed by atoms with van der Waals surface area (Å²) in [5.41, 5.74) is 8.30. The van der Waals surface area contributed by atoms with Crippen LogP contribution >= 0.6 is 15.9 Å². The molecule has 0 spiro atoms. The van der Waals surface area contributed by atoms with E-state index in [4.69, 9.17) is 19.4 Å². The van der Waals surface area contributed by atoms with Crippen molar-refractivity contribution in [3.8, 4) is 0 Å². The maximum atomic E-state index is 13.4. The number of amides is 2. The van der Waals surface area contributed by atoms with E-state index in [2.05, 4.69) is 36.5 Å². The average molecular weight is 828 g/mol. The van der Waals surface area contributed by atoms with Crippen LogP contribution in [0, 0.1) is 0 Å². The standard InChI is InChI=1S/C46H47BrN6O4/c1-45(2,3)56-43(54)52-38(25-28-13-9-7-10-14-28)40-32-19-17-30(48-32)27-31-18-20-33(49-31)41(35-22-24-37(51-35)42(47)36-23-21-34(40)50-36)39(26-29-15-11-8-12-16-29)53-44(55)57-46(4,5)6/h7-24,27,38-39,48-49H,25-26H2,1-6H3,(H,52,54)(H,53,55). The molecule has 5 heterocycles. The summed E-state index contributed by atoms with van der Waals surface area (Å²) in [6.07, 6.45) is 7.75. The molecule has 2 amide bonds. The number of fused-ring (bicyclic) bond motifs is 8. The highest BCUT2D eigenvalue weighted by Crippen LogP contribution is 2.34. The lowest BCUT2D eigenvalue weighted by atomic mass is 9.97. The molecule has 2 aliphatic heterocycles. The van der Waals surface area contributed by atoms with Crippen molar-refractivity contribution in [3.05, 3.63) is 140 Å². The quantitative estimate of drug-likeness (QED) is 0.121. The van der Waals surface area contributed by atoms with Gasteiger partial charge in [-0.3, -0.25) is 0 Å². The number of aromatic amines is 2. The summed E-state index contributed by atoms with van der Waals surface area (Å²) in [5, 5.41) is 6.33. The zero-order valence-corrected chi connectivity index (χ0v) is 34.5. The van der Waals surface area contributed by atoms with Gasteiger partial charge in [-0.25, -0.2) is 19.6 Å². The van der Waals surface area contributed by atoms with Crippen molar-refractivity contribution >= 4 is 74.5 Å². The van der Waals surface area contributed by atoms with E-state index in [1.54, 1.807) is 0 Å². The fourth-order valence-electron chi connectivity index (χ4n) is 6.93. The Morgan fingerprint density at radius 3 is 1.37 bits per heavy atom. The van der Waals surface area contributed by atoms with E-state index < -0.39 is 35.5 Å². The van der Waals surface area contributed by atoms with E-state index in [0.717, 1.165) is 44.3 Å². The van der Waals surface area contributed by atoms with Crippen LogP contribution < -0.4 is 10.6 Å². The van der Waals surface area contributed by atoms with Gasteiger partial charge in [-0.2, -0.15) is 0 Å². The van der Waals surface area contributed by atoms with Crippen molar-refractivity contribution < 1.29 is 19.1 Å². The smallest absolute Gasteiger partial charge is 0.408 e. The normalized spacial score (nSPS) is 13.5. The van der Waals surface area contributed by atoms with Crippen molar-refractivity contribution in [1.29, 1.82) is 0 Å².